The Hall–Kier alpha value is -1.79. The first-order valence-electron chi connectivity index (χ1n) is 6.05. The molecule has 1 aromatic heterocycles. The highest BCUT2D eigenvalue weighted by molar-refractivity contribution is 8.26. The molecule has 0 bridgehead atoms. The van der Waals surface area contributed by atoms with E-state index in [-0.39, 0.29) is 5.91 Å². The minimum absolute atomic E-state index is 0.141. The second-order valence-electron chi connectivity index (χ2n) is 4.35. The molecule has 4 nitrogen and oxygen atoms in total. The molecule has 1 amide bonds. The molecule has 0 radical (unpaired) electrons. The van der Waals surface area contributed by atoms with Crippen molar-refractivity contribution in [2.45, 2.75) is 12.8 Å². The lowest BCUT2D eigenvalue weighted by molar-refractivity contribution is -0.121. The van der Waals surface area contributed by atoms with Gasteiger partial charge < -0.3 is 9.52 Å². The van der Waals surface area contributed by atoms with Gasteiger partial charge in [-0.15, -0.1) is 0 Å². The second-order valence-corrected chi connectivity index (χ2v) is 6.02. The Morgan fingerprint density at radius 3 is 2.90 bits per heavy atom. The maximum Gasteiger partial charge on any atom is 0.270 e. The van der Waals surface area contributed by atoms with Gasteiger partial charge in [-0.25, -0.2) is 0 Å². The summed E-state index contributed by atoms with van der Waals surface area (Å²) in [6.45, 7) is 0. The maximum atomic E-state index is 12.4. The molecule has 6 heteroatoms. The quantitative estimate of drug-likeness (QED) is 0.668. The van der Waals surface area contributed by atoms with Crippen LogP contribution in [-0.2, 0) is 4.79 Å². The molecule has 1 saturated heterocycles. The summed E-state index contributed by atoms with van der Waals surface area (Å²) in [6, 6.07) is 3.55. The van der Waals surface area contributed by atoms with Gasteiger partial charge in [-0.2, -0.15) is 0 Å². The van der Waals surface area contributed by atoms with Crippen LogP contribution in [0.25, 0.3) is 6.08 Å². The van der Waals surface area contributed by atoms with Crippen molar-refractivity contribution in [3.63, 3.8) is 0 Å². The number of rotatable bonds is 2. The zero-order valence-corrected chi connectivity index (χ0v) is 12.0. The number of aliphatic hydroxyl groups excluding tert-OH is 1. The van der Waals surface area contributed by atoms with Gasteiger partial charge in [0.05, 0.1) is 16.9 Å². The molecule has 0 aromatic carbocycles. The Kier molecular flexibility index (Phi) is 3.50. The molecule has 3 rings (SSSR count). The summed E-state index contributed by atoms with van der Waals surface area (Å²) in [7, 11) is 0. The maximum absolute atomic E-state index is 12.4. The van der Waals surface area contributed by atoms with Crippen LogP contribution in [0.2, 0.25) is 0 Å². The molecule has 1 aliphatic heterocycles. The van der Waals surface area contributed by atoms with E-state index in [2.05, 4.69) is 0 Å². The smallest absolute Gasteiger partial charge is 0.270 e. The standard InChI is InChI=1S/C14H11NO3S2/c16-10-5-3-9(4-6-10)15-13(17)12(20-14(15)19)8-11-2-1-7-18-11/h1-3,5,7-8,16H,4,6H2/b12-8-. The molecule has 2 heterocycles. The van der Waals surface area contributed by atoms with E-state index in [4.69, 9.17) is 16.6 Å². The fraction of sp³-hybridized carbons (Fsp3) is 0.143. The molecule has 102 valence electrons. The number of aliphatic hydroxyl groups is 1. The molecule has 1 N–H and O–H groups in total. The highest BCUT2D eigenvalue weighted by atomic mass is 32.2. The SMILES string of the molecule is O=C1/C(=C/c2ccco2)SC(=S)N1C1=CC=C(O)CC1. The normalized spacial score (nSPS) is 21.4. The third-order valence-electron chi connectivity index (χ3n) is 3.00. The van der Waals surface area contributed by atoms with E-state index in [1.807, 2.05) is 0 Å². The summed E-state index contributed by atoms with van der Waals surface area (Å²) in [6.07, 6.45) is 7.72. The summed E-state index contributed by atoms with van der Waals surface area (Å²) >= 11 is 6.53. The third-order valence-corrected chi connectivity index (χ3v) is 4.31. The summed E-state index contributed by atoms with van der Waals surface area (Å²) in [5, 5.41) is 9.38. The summed E-state index contributed by atoms with van der Waals surface area (Å²) in [5.41, 5.74) is 0.813. The first-order valence-corrected chi connectivity index (χ1v) is 7.28. The van der Waals surface area contributed by atoms with Crippen LogP contribution >= 0.6 is 24.0 Å². The van der Waals surface area contributed by atoms with Crippen LogP contribution in [0.1, 0.15) is 18.6 Å². The lowest BCUT2D eigenvalue weighted by Crippen LogP contribution is -2.28. The highest BCUT2D eigenvalue weighted by Crippen LogP contribution is 2.37. The van der Waals surface area contributed by atoms with Crippen molar-refractivity contribution in [2.24, 2.45) is 0 Å². The number of carbonyl (C=O) groups is 1. The molecular weight excluding hydrogens is 294 g/mol. The lowest BCUT2D eigenvalue weighted by Gasteiger charge is -2.20. The number of amides is 1. The van der Waals surface area contributed by atoms with Gasteiger partial charge in [0.25, 0.3) is 5.91 Å². The number of thioether (sulfide) groups is 1. The van der Waals surface area contributed by atoms with Crippen molar-refractivity contribution >= 4 is 40.3 Å². The van der Waals surface area contributed by atoms with Crippen molar-refractivity contribution < 1.29 is 14.3 Å². The molecular formula is C14H11NO3S2. The Morgan fingerprint density at radius 1 is 1.40 bits per heavy atom. The van der Waals surface area contributed by atoms with Crippen LogP contribution in [-0.4, -0.2) is 20.2 Å². The monoisotopic (exact) mass is 305 g/mol. The van der Waals surface area contributed by atoms with Crippen LogP contribution in [0, 0.1) is 0 Å². The molecule has 2 aliphatic rings. The van der Waals surface area contributed by atoms with Crippen LogP contribution in [0.4, 0.5) is 0 Å². The Bertz CT molecular complexity index is 656. The van der Waals surface area contributed by atoms with Gasteiger partial charge in [-0.1, -0.05) is 24.0 Å². The fourth-order valence-corrected chi connectivity index (χ4v) is 3.32. The highest BCUT2D eigenvalue weighted by Gasteiger charge is 2.34. The van der Waals surface area contributed by atoms with Gasteiger partial charge in [0.1, 0.15) is 5.76 Å². The van der Waals surface area contributed by atoms with Crippen molar-refractivity contribution in [2.75, 3.05) is 0 Å². The van der Waals surface area contributed by atoms with Crippen molar-refractivity contribution in [1.29, 1.82) is 0 Å². The summed E-state index contributed by atoms with van der Waals surface area (Å²) < 4.78 is 5.72. The third kappa shape index (κ3) is 2.44. The van der Waals surface area contributed by atoms with E-state index in [1.54, 1.807) is 36.6 Å². The number of allylic oxidation sites excluding steroid dienone is 4. The average Bonchev–Trinajstić information content (AvgIpc) is 3.02. The molecule has 0 atom stereocenters. The van der Waals surface area contributed by atoms with Gasteiger partial charge in [0, 0.05) is 18.2 Å². The van der Waals surface area contributed by atoms with E-state index < -0.39 is 0 Å². The first kappa shape index (κ1) is 13.2. The second kappa shape index (κ2) is 5.30. The van der Waals surface area contributed by atoms with Crippen molar-refractivity contribution in [3.8, 4) is 0 Å². The molecule has 0 spiro atoms. The van der Waals surface area contributed by atoms with E-state index in [1.165, 1.54) is 16.7 Å². The number of furan rings is 1. The molecule has 1 fully saturated rings. The minimum Gasteiger partial charge on any atom is -0.512 e. The Morgan fingerprint density at radius 2 is 2.25 bits per heavy atom. The van der Waals surface area contributed by atoms with Crippen LogP contribution in [0.3, 0.4) is 0 Å². The number of carbonyl (C=O) groups excluding carboxylic acids is 1. The Labute approximate surface area is 125 Å². The zero-order chi connectivity index (χ0) is 14.1. The van der Waals surface area contributed by atoms with Crippen molar-refractivity contribution in [3.05, 3.63) is 52.7 Å². The average molecular weight is 305 g/mol. The van der Waals surface area contributed by atoms with Crippen LogP contribution in [0.5, 0.6) is 0 Å². The van der Waals surface area contributed by atoms with E-state index in [9.17, 15) is 9.90 Å². The molecule has 1 aliphatic carbocycles. The fourth-order valence-electron chi connectivity index (χ4n) is 2.02. The van der Waals surface area contributed by atoms with E-state index in [0.29, 0.717) is 33.6 Å². The lowest BCUT2D eigenvalue weighted by atomic mass is 10.1. The molecule has 1 aromatic rings. The number of nitrogens with zero attached hydrogens (tertiary/aromatic N) is 1. The van der Waals surface area contributed by atoms with Crippen molar-refractivity contribution in [1.82, 2.24) is 4.90 Å². The minimum atomic E-state index is -0.141. The topological polar surface area (TPSA) is 53.7 Å². The first-order chi connectivity index (χ1) is 9.65. The van der Waals surface area contributed by atoms with Crippen LogP contribution in [0.15, 0.2) is 51.3 Å². The van der Waals surface area contributed by atoms with Gasteiger partial charge in [-0.3, -0.25) is 9.69 Å². The Balaban J connectivity index is 1.88. The van der Waals surface area contributed by atoms with E-state index >= 15 is 0 Å². The molecule has 20 heavy (non-hydrogen) atoms. The predicted octanol–water partition coefficient (Wildman–Crippen LogP) is 3.60. The van der Waals surface area contributed by atoms with E-state index in [0.717, 1.165) is 5.70 Å². The zero-order valence-electron chi connectivity index (χ0n) is 10.4. The number of thiocarbonyl (C=S) groups is 1. The summed E-state index contributed by atoms with van der Waals surface area (Å²) in [4.78, 5) is 14.5. The van der Waals surface area contributed by atoms with Crippen LogP contribution < -0.4 is 0 Å². The summed E-state index contributed by atoms with van der Waals surface area (Å²) in [5.74, 6) is 0.809. The van der Waals surface area contributed by atoms with Gasteiger partial charge in [0.15, 0.2) is 4.32 Å². The predicted molar refractivity (Wildman–Crippen MR) is 81.7 cm³/mol. The number of hydrogen-bond donors (Lipinski definition) is 1. The largest absolute Gasteiger partial charge is 0.512 e. The van der Waals surface area contributed by atoms with Gasteiger partial charge >= 0.3 is 0 Å². The number of hydrogen-bond acceptors (Lipinski definition) is 5. The molecule has 0 unspecified atom stereocenters. The van der Waals surface area contributed by atoms with Gasteiger partial charge in [-0.05, 0) is 30.7 Å². The molecule has 0 saturated carbocycles. The van der Waals surface area contributed by atoms with Gasteiger partial charge in [0.2, 0.25) is 0 Å².